The van der Waals surface area contributed by atoms with Crippen molar-refractivity contribution < 1.29 is 9.47 Å². The van der Waals surface area contributed by atoms with Gasteiger partial charge in [0.2, 0.25) is 0 Å². The van der Waals surface area contributed by atoms with E-state index in [4.69, 9.17) is 14.5 Å². The Hall–Kier alpha value is -1.82. The molecule has 4 rings (SSSR count). The zero-order chi connectivity index (χ0) is 17.3. The zero-order valence-electron chi connectivity index (χ0n) is 15.3. The maximum absolute atomic E-state index is 6.19. The second-order valence-electron chi connectivity index (χ2n) is 8.81. The molecule has 0 radical (unpaired) electrons. The van der Waals surface area contributed by atoms with Crippen molar-refractivity contribution in [1.29, 1.82) is 0 Å². The molecule has 2 aromatic heterocycles. The summed E-state index contributed by atoms with van der Waals surface area (Å²) < 4.78 is 13.7. The first-order valence-corrected chi connectivity index (χ1v) is 8.59. The van der Waals surface area contributed by atoms with Crippen LogP contribution in [0.1, 0.15) is 47.1 Å². The summed E-state index contributed by atoms with van der Waals surface area (Å²) in [5, 5.41) is 4.49. The second kappa shape index (κ2) is 4.85. The van der Waals surface area contributed by atoms with Gasteiger partial charge in [-0.3, -0.25) is 0 Å². The van der Waals surface area contributed by atoms with Crippen LogP contribution in [-0.4, -0.2) is 45.5 Å². The molecule has 2 aliphatic heterocycles. The van der Waals surface area contributed by atoms with Crippen LogP contribution >= 0.6 is 0 Å². The highest BCUT2D eigenvalue weighted by Crippen LogP contribution is 2.41. The van der Waals surface area contributed by atoms with Gasteiger partial charge in [-0.15, -0.1) is 0 Å². The highest BCUT2D eigenvalue weighted by molar-refractivity contribution is 5.63. The predicted octanol–water partition coefficient (Wildman–Crippen LogP) is 2.79. The third kappa shape index (κ3) is 2.27. The van der Waals surface area contributed by atoms with Crippen molar-refractivity contribution in [3.63, 3.8) is 0 Å². The average Bonchev–Trinajstić information content (AvgIpc) is 3.05. The molecular weight excluding hydrogens is 304 g/mol. The molecular formula is C18H26N4O2. The van der Waals surface area contributed by atoms with Crippen LogP contribution in [0.25, 0.3) is 5.65 Å². The first-order valence-electron chi connectivity index (χ1n) is 8.59. The lowest BCUT2D eigenvalue weighted by Crippen LogP contribution is -2.57. The molecule has 0 saturated carbocycles. The van der Waals surface area contributed by atoms with Gasteiger partial charge in [-0.05, 0) is 26.2 Å². The molecule has 6 nitrogen and oxygen atoms in total. The Morgan fingerprint density at radius 2 is 1.88 bits per heavy atom. The molecule has 0 N–H and O–H groups in total. The summed E-state index contributed by atoms with van der Waals surface area (Å²) in [7, 11) is 0. The van der Waals surface area contributed by atoms with Crippen LogP contribution in [0.15, 0.2) is 12.4 Å². The van der Waals surface area contributed by atoms with Gasteiger partial charge >= 0.3 is 0 Å². The number of ether oxygens (including phenoxy) is 2. The van der Waals surface area contributed by atoms with Gasteiger partial charge in [-0.1, -0.05) is 20.8 Å². The van der Waals surface area contributed by atoms with Crippen LogP contribution in [0.3, 0.4) is 0 Å². The first-order chi connectivity index (χ1) is 11.2. The van der Waals surface area contributed by atoms with Crippen LogP contribution in [0.5, 0.6) is 5.75 Å². The molecule has 1 fully saturated rings. The van der Waals surface area contributed by atoms with Gasteiger partial charge < -0.3 is 14.4 Å². The summed E-state index contributed by atoms with van der Waals surface area (Å²) in [5.41, 5.74) is 1.97. The topological polar surface area (TPSA) is 51.9 Å². The van der Waals surface area contributed by atoms with E-state index in [-0.39, 0.29) is 23.1 Å². The number of aromatic nitrogens is 3. The quantitative estimate of drug-likeness (QED) is 0.743. The lowest BCUT2D eigenvalue weighted by molar-refractivity contribution is 0.133. The monoisotopic (exact) mass is 330 g/mol. The van der Waals surface area contributed by atoms with Gasteiger partial charge in [-0.2, -0.15) is 5.10 Å². The second-order valence-corrected chi connectivity index (χ2v) is 8.81. The molecule has 2 atom stereocenters. The Bertz CT molecular complexity index is 785. The summed E-state index contributed by atoms with van der Waals surface area (Å²) in [4.78, 5) is 7.36. The smallest absolute Gasteiger partial charge is 0.180 e. The van der Waals surface area contributed by atoms with Gasteiger partial charge in [0, 0.05) is 11.1 Å². The molecule has 0 spiro atoms. The maximum Gasteiger partial charge on any atom is 0.180 e. The number of hydrogen-bond acceptors (Lipinski definition) is 5. The Labute approximate surface area is 142 Å². The van der Waals surface area contributed by atoms with Crippen molar-refractivity contribution in [2.24, 2.45) is 0 Å². The highest BCUT2D eigenvalue weighted by atomic mass is 16.6. The van der Waals surface area contributed by atoms with Crippen LogP contribution in [0.2, 0.25) is 0 Å². The largest absolute Gasteiger partial charge is 0.480 e. The molecule has 6 heteroatoms. The highest BCUT2D eigenvalue weighted by Gasteiger charge is 2.45. The summed E-state index contributed by atoms with van der Waals surface area (Å²) in [6.45, 7) is 14.5. The molecule has 0 unspecified atom stereocenters. The Morgan fingerprint density at radius 1 is 1.12 bits per heavy atom. The van der Waals surface area contributed by atoms with Gasteiger partial charge in [0.1, 0.15) is 6.10 Å². The van der Waals surface area contributed by atoms with E-state index in [1.165, 1.54) is 0 Å². The third-order valence-corrected chi connectivity index (χ3v) is 4.81. The van der Waals surface area contributed by atoms with Crippen LogP contribution in [0.4, 0.5) is 5.82 Å². The minimum Gasteiger partial charge on any atom is -0.480 e. The van der Waals surface area contributed by atoms with Gasteiger partial charge in [0.15, 0.2) is 17.2 Å². The summed E-state index contributed by atoms with van der Waals surface area (Å²) in [5.74, 6) is 1.68. The van der Waals surface area contributed by atoms with Crippen LogP contribution in [0, 0.1) is 0 Å². The van der Waals surface area contributed by atoms with Gasteiger partial charge in [0.25, 0.3) is 0 Å². The molecule has 4 heterocycles. The Balaban J connectivity index is 1.93. The van der Waals surface area contributed by atoms with Gasteiger partial charge in [0.05, 0.1) is 31.6 Å². The van der Waals surface area contributed by atoms with E-state index in [1.807, 2.05) is 16.9 Å². The van der Waals surface area contributed by atoms with Crippen LogP contribution < -0.4 is 9.64 Å². The van der Waals surface area contributed by atoms with Crippen molar-refractivity contribution in [1.82, 2.24) is 14.6 Å². The minimum absolute atomic E-state index is 0.00984. The molecule has 130 valence electrons. The maximum atomic E-state index is 6.19. The standard InChI is InChI=1S/C18H26N4O2/c1-17(2,3)11-7-19-21-8-13-16(20-15(11)21)22(18(4,5)6)12-9-23-10-14(12)24-13/h7-8,12,14H,9-10H2,1-6H3/t12-,14-/m1/s1. The fraction of sp³-hybridized carbons (Fsp3) is 0.667. The van der Waals surface area contributed by atoms with E-state index in [2.05, 4.69) is 51.5 Å². The third-order valence-electron chi connectivity index (χ3n) is 4.81. The molecule has 1 saturated heterocycles. The van der Waals surface area contributed by atoms with Crippen molar-refractivity contribution in [3.05, 3.63) is 18.0 Å². The minimum atomic E-state index is -0.0671. The van der Waals surface area contributed by atoms with Crippen molar-refractivity contribution >= 4 is 11.5 Å². The number of hydrogen-bond donors (Lipinski definition) is 0. The lowest BCUT2D eigenvalue weighted by atomic mass is 9.89. The van der Waals surface area contributed by atoms with Gasteiger partial charge in [-0.25, -0.2) is 9.50 Å². The average molecular weight is 330 g/mol. The molecule has 2 aromatic rings. The van der Waals surface area contributed by atoms with E-state index in [0.717, 1.165) is 22.8 Å². The van der Waals surface area contributed by atoms with E-state index >= 15 is 0 Å². The fourth-order valence-electron chi connectivity index (χ4n) is 3.68. The summed E-state index contributed by atoms with van der Waals surface area (Å²) in [6.07, 6.45) is 3.92. The van der Waals surface area contributed by atoms with Crippen molar-refractivity contribution in [2.75, 3.05) is 18.1 Å². The zero-order valence-corrected chi connectivity index (χ0v) is 15.3. The number of nitrogens with zero attached hydrogens (tertiary/aromatic N) is 4. The SMILES string of the molecule is CC(C)(C)c1cnn2cc3c(nc12)N(C(C)(C)C)[C@@H]1COC[C@H]1O3. The lowest BCUT2D eigenvalue weighted by Gasteiger charge is -2.46. The molecule has 2 aliphatic rings. The molecule has 0 aliphatic carbocycles. The van der Waals surface area contributed by atoms with E-state index in [0.29, 0.717) is 13.2 Å². The first kappa shape index (κ1) is 15.7. The Kier molecular flexibility index (Phi) is 3.17. The fourth-order valence-corrected chi connectivity index (χ4v) is 3.68. The number of fused-ring (bicyclic) bond motifs is 3. The van der Waals surface area contributed by atoms with Crippen LogP contribution in [-0.2, 0) is 10.2 Å². The van der Waals surface area contributed by atoms with Crippen molar-refractivity contribution in [2.45, 2.75) is 64.6 Å². The number of anilines is 1. The summed E-state index contributed by atoms with van der Waals surface area (Å²) >= 11 is 0. The molecule has 0 bridgehead atoms. The van der Waals surface area contributed by atoms with E-state index in [1.54, 1.807) is 0 Å². The molecule has 0 aromatic carbocycles. The number of rotatable bonds is 0. The molecule has 24 heavy (non-hydrogen) atoms. The molecule has 0 amide bonds. The van der Waals surface area contributed by atoms with E-state index < -0.39 is 0 Å². The predicted molar refractivity (Wildman–Crippen MR) is 92.9 cm³/mol. The van der Waals surface area contributed by atoms with Crippen molar-refractivity contribution in [3.8, 4) is 5.75 Å². The van der Waals surface area contributed by atoms with E-state index in [9.17, 15) is 0 Å². The summed E-state index contributed by atoms with van der Waals surface area (Å²) in [6, 6.07) is 0.202. The normalized spacial score (nSPS) is 24.0. The Morgan fingerprint density at radius 3 is 2.54 bits per heavy atom.